The summed E-state index contributed by atoms with van der Waals surface area (Å²) in [6, 6.07) is 5.23. The van der Waals surface area contributed by atoms with Crippen LogP contribution in [0, 0.1) is 6.92 Å². The van der Waals surface area contributed by atoms with Crippen LogP contribution in [0.25, 0.3) is 0 Å². The lowest BCUT2D eigenvalue weighted by atomic mass is 10.1. The Labute approximate surface area is 96.3 Å². The molecule has 82 valence electrons. The average molecular weight is 234 g/mol. The maximum Gasteiger partial charge on any atom is 0.257 e. The Hall–Kier alpha value is -1.95. The van der Waals surface area contributed by atoms with Gasteiger partial charge in [0.05, 0.1) is 0 Å². The van der Waals surface area contributed by atoms with Crippen LogP contribution in [0.1, 0.15) is 15.9 Å². The molecule has 1 amide bonds. The van der Waals surface area contributed by atoms with Gasteiger partial charge in [0.1, 0.15) is 5.51 Å². The molecule has 2 aromatic rings. The molecule has 0 atom stereocenters. The lowest BCUT2D eigenvalue weighted by Gasteiger charge is -2.06. The van der Waals surface area contributed by atoms with Crippen molar-refractivity contribution in [2.24, 2.45) is 0 Å². The van der Waals surface area contributed by atoms with Crippen LogP contribution in [0.5, 0.6) is 0 Å². The van der Waals surface area contributed by atoms with E-state index in [1.165, 1.54) is 11.3 Å². The van der Waals surface area contributed by atoms with Crippen LogP contribution in [0.15, 0.2) is 23.7 Å². The van der Waals surface area contributed by atoms with Crippen molar-refractivity contribution in [2.75, 3.05) is 11.1 Å². The van der Waals surface area contributed by atoms with Gasteiger partial charge in [0.15, 0.2) is 0 Å². The fraction of sp³-hybridized carbons (Fsp3) is 0.100. The molecular formula is C10H10N4OS. The molecule has 6 heteroatoms. The van der Waals surface area contributed by atoms with Crippen LogP contribution < -0.4 is 11.1 Å². The molecule has 2 rings (SSSR count). The fourth-order valence-electron chi connectivity index (χ4n) is 1.29. The van der Waals surface area contributed by atoms with Crippen LogP contribution in [0.2, 0.25) is 0 Å². The van der Waals surface area contributed by atoms with Crippen LogP contribution >= 0.6 is 11.3 Å². The molecule has 16 heavy (non-hydrogen) atoms. The van der Waals surface area contributed by atoms with Gasteiger partial charge in [0.25, 0.3) is 5.91 Å². The number of nitrogens with one attached hydrogen (secondary N) is 1. The zero-order valence-electron chi connectivity index (χ0n) is 8.60. The van der Waals surface area contributed by atoms with Gasteiger partial charge in [0.2, 0.25) is 5.13 Å². The largest absolute Gasteiger partial charge is 0.398 e. The second-order valence-electron chi connectivity index (χ2n) is 3.22. The van der Waals surface area contributed by atoms with Crippen LogP contribution in [-0.2, 0) is 0 Å². The Kier molecular flexibility index (Phi) is 2.82. The van der Waals surface area contributed by atoms with Crippen LogP contribution in [-0.4, -0.2) is 16.1 Å². The van der Waals surface area contributed by atoms with E-state index in [4.69, 9.17) is 5.73 Å². The zero-order chi connectivity index (χ0) is 11.5. The molecule has 0 aliphatic carbocycles. The molecule has 3 N–H and O–H groups in total. The van der Waals surface area contributed by atoms with Gasteiger partial charge in [-0.2, -0.15) is 0 Å². The first-order valence-corrected chi connectivity index (χ1v) is 5.49. The minimum absolute atomic E-state index is 0.221. The standard InChI is InChI=1S/C10H10N4OS/c1-6-7(3-2-4-8(6)11)9(15)13-10-14-12-5-16-10/h2-5H,11H2,1H3,(H,13,14,15). The molecule has 0 radical (unpaired) electrons. The molecule has 0 saturated heterocycles. The molecule has 1 aromatic carbocycles. The average Bonchev–Trinajstić information content (AvgIpc) is 2.74. The number of nitrogens with two attached hydrogens (primary N) is 1. The number of carbonyl (C=O) groups is 1. The summed E-state index contributed by atoms with van der Waals surface area (Å²) in [5, 5.41) is 10.5. The van der Waals surface area contributed by atoms with E-state index in [-0.39, 0.29) is 5.91 Å². The number of amides is 1. The Morgan fingerprint density at radius 3 is 3.00 bits per heavy atom. The third-order valence-electron chi connectivity index (χ3n) is 2.20. The van der Waals surface area contributed by atoms with Gasteiger partial charge in [-0.3, -0.25) is 10.1 Å². The summed E-state index contributed by atoms with van der Waals surface area (Å²) in [5.41, 5.74) is 9.20. The SMILES string of the molecule is Cc1c(N)cccc1C(=O)Nc1nncs1. The van der Waals surface area contributed by atoms with E-state index in [0.717, 1.165) is 5.56 Å². The van der Waals surface area contributed by atoms with Gasteiger partial charge in [-0.05, 0) is 24.6 Å². The number of hydrogen-bond donors (Lipinski definition) is 2. The molecule has 0 spiro atoms. The minimum Gasteiger partial charge on any atom is -0.398 e. The van der Waals surface area contributed by atoms with Crippen molar-refractivity contribution in [1.29, 1.82) is 0 Å². The van der Waals surface area contributed by atoms with Gasteiger partial charge in [-0.25, -0.2) is 0 Å². The normalized spacial score (nSPS) is 10.1. The van der Waals surface area contributed by atoms with Gasteiger partial charge in [0, 0.05) is 11.3 Å². The highest BCUT2D eigenvalue weighted by molar-refractivity contribution is 7.13. The first-order chi connectivity index (χ1) is 7.68. The zero-order valence-corrected chi connectivity index (χ0v) is 9.41. The summed E-state index contributed by atoms with van der Waals surface area (Å²) >= 11 is 1.27. The van der Waals surface area contributed by atoms with E-state index in [9.17, 15) is 4.79 Å². The van der Waals surface area contributed by atoms with Gasteiger partial charge in [-0.1, -0.05) is 17.4 Å². The van der Waals surface area contributed by atoms with E-state index < -0.39 is 0 Å². The number of benzene rings is 1. The number of hydrogen-bond acceptors (Lipinski definition) is 5. The number of nitrogen functional groups attached to an aromatic ring is 1. The Morgan fingerprint density at radius 1 is 1.50 bits per heavy atom. The van der Waals surface area contributed by atoms with E-state index in [1.54, 1.807) is 23.7 Å². The summed E-state index contributed by atoms with van der Waals surface area (Å²) < 4.78 is 0. The number of carbonyl (C=O) groups excluding carboxylic acids is 1. The molecule has 5 nitrogen and oxygen atoms in total. The third-order valence-corrected chi connectivity index (χ3v) is 2.81. The van der Waals surface area contributed by atoms with E-state index in [2.05, 4.69) is 15.5 Å². The summed E-state index contributed by atoms with van der Waals surface area (Å²) in [4.78, 5) is 11.9. The summed E-state index contributed by atoms with van der Waals surface area (Å²) in [5.74, 6) is -0.221. The number of nitrogens with zero attached hydrogens (tertiary/aromatic N) is 2. The highest BCUT2D eigenvalue weighted by Gasteiger charge is 2.11. The van der Waals surface area contributed by atoms with Gasteiger partial charge >= 0.3 is 0 Å². The van der Waals surface area contributed by atoms with E-state index >= 15 is 0 Å². The van der Waals surface area contributed by atoms with Gasteiger partial charge < -0.3 is 5.73 Å². The number of aromatic nitrogens is 2. The number of rotatable bonds is 2. The first kappa shape index (κ1) is 10.6. The highest BCUT2D eigenvalue weighted by atomic mass is 32.1. The second-order valence-corrected chi connectivity index (χ2v) is 4.05. The molecule has 0 saturated carbocycles. The smallest absolute Gasteiger partial charge is 0.257 e. The summed E-state index contributed by atoms with van der Waals surface area (Å²) in [6.07, 6.45) is 0. The third kappa shape index (κ3) is 2.01. The Morgan fingerprint density at radius 2 is 2.31 bits per heavy atom. The van der Waals surface area contributed by atoms with Crippen LogP contribution in [0.3, 0.4) is 0 Å². The van der Waals surface area contributed by atoms with E-state index in [1.807, 2.05) is 6.92 Å². The minimum atomic E-state index is -0.221. The summed E-state index contributed by atoms with van der Waals surface area (Å²) in [7, 11) is 0. The molecule has 0 unspecified atom stereocenters. The van der Waals surface area contributed by atoms with Crippen molar-refractivity contribution in [3.63, 3.8) is 0 Å². The van der Waals surface area contributed by atoms with Gasteiger partial charge in [-0.15, -0.1) is 10.2 Å². The molecule has 1 heterocycles. The lowest BCUT2D eigenvalue weighted by Crippen LogP contribution is -2.14. The molecule has 0 aliphatic heterocycles. The number of anilines is 2. The molecule has 1 aromatic heterocycles. The topological polar surface area (TPSA) is 80.9 Å². The van der Waals surface area contributed by atoms with Crippen molar-refractivity contribution in [3.05, 3.63) is 34.8 Å². The lowest BCUT2D eigenvalue weighted by molar-refractivity contribution is 0.102. The Balaban J connectivity index is 2.24. The first-order valence-electron chi connectivity index (χ1n) is 4.61. The second kappa shape index (κ2) is 4.28. The van der Waals surface area contributed by atoms with Crippen molar-refractivity contribution < 1.29 is 4.79 Å². The maximum atomic E-state index is 11.9. The van der Waals surface area contributed by atoms with Crippen molar-refractivity contribution in [2.45, 2.75) is 6.92 Å². The molecular weight excluding hydrogens is 224 g/mol. The van der Waals surface area contributed by atoms with Crippen molar-refractivity contribution >= 4 is 28.1 Å². The predicted molar refractivity (Wildman–Crippen MR) is 63.5 cm³/mol. The highest BCUT2D eigenvalue weighted by Crippen LogP contribution is 2.17. The Bertz CT molecular complexity index is 510. The quantitative estimate of drug-likeness (QED) is 0.775. The summed E-state index contributed by atoms with van der Waals surface area (Å²) in [6.45, 7) is 1.81. The van der Waals surface area contributed by atoms with Crippen LogP contribution in [0.4, 0.5) is 10.8 Å². The van der Waals surface area contributed by atoms with Crippen molar-refractivity contribution in [1.82, 2.24) is 10.2 Å². The maximum absolute atomic E-state index is 11.9. The predicted octanol–water partition coefficient (Wildman–Crippen LogP) is 1.68. The molecule has 0 fully saturated rings. The van der Waals surface area contributed by atoms with E-state index in [0.29, 0.717) is 16.4 Å². The monoisotopic (exact) mass is 234 g/mol. The fourth-order valence-corrected chi connectivity index (χ4v) is 1.73. The van der Waals surface area contributed by atoms with Crippen molar-refractivity contribution in [3.8, 4) is 0 Å². The molecule has 0 bridgehead atoms. The molecule has 0 aliphatic rings.